The van der Waals surface area contributed by atoms with Crippen molar-refractivity contribution in [2.75, 3.05) is 13.2 Å². The summed E-state index contributed by atoms with van der Waals surface area (Å²) < 4.78 is 0. The van der Waals surface area contributed by atoms with E-state index in [1.165, 1.54) is 0 Å². The first-order valence-electron chi connectivity index (χ1n) is 5.29. The minimum Gasteiger partial charge on any atom is -0.395 e. The fourth-order valence-electron chi connectivity index (χ4n) is 1.71. The van der Waals surface area contributed by atoms with Crippen LogP contribution >= 0.6 is 0 Å². The topological polar surface area (TPSA) is 49.2 Å². The smallest absolute Gasteiger partial charge is 0.0755 e. The fraction of sp³-hybridized carbons (Fsp3) is 0.636. The Morgan fingerprint density at radius 1 is 1.33 bits per heavy atom. The summed E-state index contributed by atoms with van der Waals surface area (Å²) in [5, 5.41) is 9.00. The van der Waals surface area contributed by atoms with Gasteiger partial charge in [0.25, 0.3) is 0 Å². The molecule has 4 nitrogen and oxygen atoms in total. The second kappa shape index (κ2) is 5.78. The molecule has 1 rings (SSSR count). The van der Waals surface area contributed by atoms with Crippen molar-refractivity contribution in [1.82, 2.24) is 14.9 Å². The predicted molar refractivity (Wildman–Crippen MR) is 59.4 cm³/mol. The molecular formula is C11H19N3O. The van der Waals surface area contributed by atoms with Gasteiger partial charge in [-0.1, -0.05) is 0 Å². The normalized spacial score (nSPS) is 13.5. The number of aliphatic hydroxyl groups excluding tert-OH is 1. The van der Waals surface area contributed by atoms with Crippen LogP contribution in [0.1, 0.15) is 32.5 Å². The van der Waals surface area contributed by atoms with Gasteiger partial charge in [-0.05, 0) is 20.8 Å². The van der Waals surface area contributed by atoms with E-state index in [0.717, 1.165) is 5.69 Å². The molecule has 0 unspecified atom stereocenters. The third-order valence-corrected chi connectivity index (χ3v) is 2.53. The van der Waals surface area contributed by atoms with Gasteiger partial charge in [0, 0.05) is 31.2 Å². The molecule has 1 atom stereocenters. The molecule has 0 fully saturated rings. The predicted octanol–water partition coefficient (Wildman–Crippen LogP) is 1.24. The summed E-state index contributed by atoms with van der Waals surface area (Å²) >= 11 is 0. The number of aromatic nitrogens is 2. The molecule has 0 radical (unpaired) electrons. The molecule has 0 aliphatic carbocycles. The van der Waals surface area contributed by atoms with E-state index in [9.17, 15) is 0 Å². The molecule has 0 saturated carbocycles. The molecule has 1 N–H and O–H groups in total. The zero-order chi connectivity index (χ0) is 11.3. The van der Waals surface area contributed by atoms with Crippen LogP contribution in [0.5, 0.6) is 0 Å². The highest BCUT2D eigenvalue weighted by atomic mass is 16.3. The van der Waals surface area contributed by atoms with E-state index in [4.69, 9.17) is 5.11 Å². The van der Waals surface area contributed by atoms with Gasteiger partial charge in [0.15, 0.2) is 0 Å². The molecule has 4 heteroatoms. The van der Waals surface area contributed by atoms with Crippen molar-refractivity contribution in [1.29, 1.82) is 0 Å². The van der Waals surface area contributed by atoms with Crippen molar-refractivity contribution < 1.29 is 5.11 Å². The summed E-state index contributed by atoms with van der Waals surface area (Å²) in [6.07, 6.45) is 5.14. The lowest BCUT2D eigenvalue weighted by Crippen LogP contribution is -2.36. The Morgan fingerprint density at radius 3 is 2.53 bits per heavy atom. The van der Waals surface area contributed by atoms with Gasteiger partial charge < -0.3 is 5.11 Å². The Labute approximate surface area is 91.0 Å². The van der Waals surface area contributed by atoms with Crippen molar-refractivity contribution >= 4 is 0 Å². The number of hydrogen-bond acceptors (Lipinski definition) is 4. The van der Waals surface area contributed by atoms with Gasteiger partial charge in [-0.2, -0.15) is 0 Å². The molecule has 1 aromatic heterocycles. The van der Waals surface area contributed by atoms with E-state index in [0.29, 0.717) is 12.6 Å². The van der Waals surface area contributed by atoms with Crippen LogP contribution < -0.4 is 0 Å². The molecule has 0 aliphatic rings. The maximum absolute atomic E-state index is 9.00. The Bertz CT molecular complexity index is 276. The molecule has 1 aromatic rings. The van der Waals surface area contributed by atoms with Gasteiger partial charge in [0.1, 0.15) is 0 Å². The van der Waals surface area contributed by atoms with Crippen LogP contribution in [0, 0.1) is 0 Å². The number of aliphatic hydroxyl groups is 1. The molecular weight excluding hydrogens is 190 g/mol. The first-order valence-corrected chi connectivity index (χ1v) is 5.29. The van der Waals surface area contributed by atoms with Crippen molar-refractivity contribution in [3.63, 3.8) is 0 Å². The summed E-state index contributed by atoms with van der Waals surface area (Å²) in [7, 11) is 0. The highest BCUT2D eigenvalue weighted by Gasteiger charge is 2.18. The monoisotopic (exact) mass is 209 g/mol. The molecule has 0 saturated heterocycles. The van der Waals surface area contributed by atoms with Crippen LogP contribution in [0.25, 0.3) is 0 Å². The van der Waals surface area contributed by atoms with E-state index in [2.05, 4.69) is 35.6 Å². The summed E-state index contributed by atoms with van der Waals surface area (Å²) in [5.41, 5.74) is 0.944. The molecule has 0 aliphatic heterocycles. The highest BCUT2D eigenvalue weighted by molar-refractivity contribution is 5.01. The Balaban J connectivity index is 2.76. The Morgan fingerprint density at radius 2 is 2.07 bits per heavy atom. The van der Waals surface area contributed by atoms with E-state index < -0.39 is 0 Å². The van der Waals surface area contributed by atoms with Crippen LogP contribution in [-0.2, 0) is 0 Å². The van der Waals surface area contributed by atoms with E-state index >= 15 is 0 Å². The van der Waals surface area contributed by atoms with E-state index in [1.807, 2.05) is 0 Å². The van der Waals surface area contributed by atoms with Crippen LogP contribution in [0.4, 0.5) is 0 Å². The summed E-state index contributed by atoms with van der Waals surface area (Å²) in [4.78, 5) is 10.5. The first kappa shape index (κ1) is 12.1. The first-order chi connectivity index (χ1) is 7.16. The third kappa shape index (κ3) is 3.25. The van der Waals surface area contributed by atoms with Crippen LogP contribution in [0.3, 0.4) is 0 Å². The van der Waals surface area contributed by atoms with Crippen LogP contribution in [-0.4, -0.2) is 39.2 Å². The second-order valence-electron chi connectivity index (χ2n) is 3.86. The third-order valence-electron chi connectivity index (χ3n) is 2.53. The van der Waals surface area contributed by atoms with E-state index in [1.54, 1.807) is 18.6 Å². The zero-order valence-electron chi connectivity index (χ0n) is 9.59. The molecule has 15 heavy (non-hydrogen) atoms. The largest absolute Gasteiger partial charge is 0.395 e. The van der Waals surface area contributed by atoms with Crippen molar-refractivity contribution in [3.8, 4) is 0 Å². The van der Waals surface area contributed by atoms with Crippen molar-refractivity contribution in [2.45, 2.75) is 32.9 Å². The average Bonchev–Trinajstić information content (AvgIpc) is 2.26. The fourth-order valence-corrected chi connectivity index (χ4v) is 1.71. The minimum absolute atomic E-state index is 0.169. The van der Waals surface area contributed by atoms with Crippen molar-refractivity contribution in [2.24, 2.45) is 0 Å². The van der Waals surface area contributed by atoms with Gasteiger partial charge in [0.05, 0.1) is 18.3 Å². The lowest BCUT2D eigenvalue weighted by molar-refractivity contribution is 0.124. The number of rotatable bonds is 5. The van der Waals surface area contributed by atoms with Crippen LogP contribution in [0.15, 0.2) is 18.6 Å². The van der Waals surface area contributed by atoms with Crippen LogP contribution in [0.2, 0.25) is 0 Å². The molecule has 84 valence electrons. The minimum atomic E-state index is 0.169. The highest BCUT2D eigenvalue weighted by Crippen LogP contribution is 2.18. The van der Waals surface area contributed by atoms with Gasteiger partial charge in [-0.3, -0.25) is 14.9 Å². The van der Waals surface area contributed by atoms with Gasteiger partial charge in [-0.25, -0.2) is 0 Å². The standard InChI is InChI=1S/C11H19N3O/c1-9(2)14(6-7-15)10(3)11-8-12-4-5-13-11/h4-5,8-10,15H,6-7H2,1-3H3/t10-/m0/s1. The summed E-state index contributed by atoms with van der Waals surface area (Å²) in [5.74, 6) is 0. The van der Waals surface area contributed by atoms with Gasteiger partial charge in [0.2, 0.25) is 0 Å². The summed E-state index contributed by atoms with van der Waals surface area (Å²) in [6.45, 7) is 7.14. The lowest BCUT2D eigenvalue weighted by Gasteiger charge is -2.31. The Hall–Kier alpha value is -1.00. The Kier molecular flexibility index (Phi) is 4.65. The maximum Gasteiger partial charge on any atom is 0.0755 e. The number of hydrogen-bond donors (Lipinski definition) is 1. The zero-order valence-corrected chi connectivity index (χ0v) is 9.59. The molecule has 1 heterocycles. The average molecular weight is 209 g/mol. The molecule has 0 aromatic carbocycles. The van der Waals surface area contributed by atoms with Gasteiger partial charge >= 0.3 is 0 Å². The van der Waals surface area contributed by atoms with Crippen molar-refractivity contribution in [3.05, 3.63) is 24.3 Å². The summed E-state index contributed by atoms with van der Waals surface area (Å²) in [6, 6.07) is 0.569. The molecule has 0 bridgehead atoms. The SMILES string of the molecule is CC(C)N(CCO)[C@@H](C)c1cnccn1. The second-order valence-corrected chi connectivity index (χ2v) is 3.86. The lowest BCUT2D eigenvalue weighted by atomic mass is 10.1. The van der Waals surface area contributed by atoms with Gasteiger partial charge in [-0.15, -0.1) is 0 Å². The maximum atomic E-state index is 9.00. The van der Waals surface area contributed by atoms with E-state index in [-0.39, 0.29) is 12.6 Å². The quantitative estimate of drug-likeness (QED) is 0.792. The molecule has 0 amide bonds. The molecule has 0 spiro atoms. The number of nitrogens with zero attached hydrogens (tertiary/aromatic N) is 3.